The minimum atomic E-state index is 0.270. The highest BCUT2D eigenvalue weighted by Crippen LogP contribution is 2.38. The summed E-state index contributed by atoms with van der Waals surface area (Å²) in [5.74, 6) is 2.25. The van der Waals surface area contributed by atoms with E-state index >= 15 is 0 Å². The van der Waals surface area contributed by atoms with E-state index < -0.39 is 0 Å². The van der Waals surface area contributed by atoms with Crippen LogP contribution in [-0.4, -0.2) is 26.4 Å². The summed E-state index contributed by atoms with van der Waals surface area (Å²) in [6, 6.07) is 11.2. The van der Waals surface area contributed by atoms with Gasteiger partial charge in [0.2, 0.25) is 5.91 Å². The van der Waals surface area contributed by atoms with Gasteiger partial charge in [-0.3, -0.25) is 4.79 Å². The maximum Gasteiger partial charge on any atom is 0.226 e. The Kier molecular flexibility index (Phi) is 4.60. The van der Waals surface area contributed by atoms with Crippen LogP contribution in [0.1, 0.15) is 55.8 Å². The number of hydrogen-bond donors (Lipinski definition) is 0. The molecule has 0 N–H and O–H groups in total. The third kappa shape index (κ3) is 3.63. The van der Waals surface area contributed by atoms with Crippen LogP contribution in [0.2, 0.25) is 0 Å². The van der Waals surface area contributed by atoms with E-state index in [1.807, 2.05) is 24.0 Å². The Morgan fingerprint density at radius 1 is 1.12 bits per heavy atom. The van der Waals surface area contributed by atoms with Crippen LogP contribution in [0, 0.1) is 5.92 Å². The van der Waals surface area contributed by atoms with E-state index in [1.54, 1.807) is 0 Å². The molecule has 2 aliphatic carbocycles. The Bertz CT molecular complexity index is 712. The van der Waals surface area contributed by atoms with Crippen molar-refractivity contribution < 1.29 is 4.79 Å². The first kappa shape index (κ1) is 16.4. The normalized spacial score (nSPS) is 23.4. The van der Waals surface area contributed by atoms with Crippen molar-refractivity contribution in [1.29, 1.82) is 0 Å². The van der Waals surface area contributed by atoms with Gasteiger partial charge in [-0.2, -0.15) is 0 Å². The molecule has 0 saturated heterocycles. The van der Waals surface area contributed by atoms with E-state index in [0.717, 1.165) is 31.5 Å². The monoisotopic (exact) mass is 337 g/mol. The number of rotatable bonds is 5. The Labute approximate surface area is 149 Å². The zero-order valence-corrected chi connectivity index (χ0v) is 15.0. The number of hydrogen-bond acceptors (Lipinski definition) is 2. The van der Waals surface area contributed by atoms with Crippen molar-refractivity contribution in [3.63, 3.8) is 0 Å². The zero-order valence-electron chi connectivity index (χ0n) is 15.0. The molecule has 132 valence electrons. The minimum Gasteiger partial charge on any atom is -0.337 e. The summed E-state index contributed by atoms with van der Waals surface area (Å²) < 4.78 is 2.03. The molecule has 4 rings (SSSR count). The first-order valence-corrected chi connectivity index (χ1v) is 9.54. The number of carbonyl (C=O) groups is 1. The second-order valence-corrected chi connectivity index (χ2v) is 7.61. The van der Waals surface area contributed by atoms with Crippen LogP contribution in [0.15, 0.2) is 42.7 Å². The molecule has 1 aromatic carbocycles. The van der Waals surface area contributed by atoms with Gasteiger partial charge in [0.25, 0.3) is 0 Å². The molecule has 0 spiro atoms. The molecule has 25 heavy (non-hydrogen) atoms. The minimum absolute atomic E-state index is 0.270. The van der Waals surface area contributed by atoms with E-state index in [-0.39, 0.29) is 5.92 Å². The molecule has 2 aliphatic rings. The summed E-state index contributed by atoms with van der Waals surface area (Å²) in [5, 5.41) is 0. The smallest absolute Gasteiger partial charge is 0.226 e. The van der Waals surface area contributed by atoms with E-state index in [4.69, 9.17) is 0 Å². The van der Waals surface area contributed by atoms with Crippen LogP contribution < -0.4 is 0 Å². The van der Waals surface area contributed by atoms with Crippen molar-refractivity contribution in [2.75, 3.05) is 0 Å². The van der Waals surface area contributed by atoms with Crippen LogP contribution in [-0.2, 0) is 18.4 Å². The lowest BCUT2D eigenvalue weighted by atomic mass is 9.81. The molecule has 2 aromatic rings. The predicted molar refractivity (Wildman–Crippen MR) is 97.9 cm³/mol. The molecule has 1 heterocycles. The quantitative estimate of drug-likeness (QED) is 0.830. The van der Waals surface area contributed by atoms with Gasteiger partial charge in [0.15, 0.2) is 0 Å². The van der Waals surface area contributed by atoms with Crippen LogP contribution in [0.3, 0.4) is 0 Å². The molecular weight excluding hydrogens is 310 g/mol. The van der Waals surface area contributed by atoms with Crippen molar-refractivity contribution in [2.24, 2.45) is 13.0 Å². The molecular formula is C21H27N3O. The van der Waals surface area contributed by atoms with Gasteiger partial charge in [-0.05, 0) is 50.0 Å². The number of carbonyl (C=O) groups excluding carboxylic acids is 1. The van der Waals surface area contributed by atoms with Crippen molar-refractivity contribution in [3.05, 3.63) is 54.1 Å². The van der Waals surface area contributed by atoms with Gasteiger partial charge in [-0.1, -0.05) is 30.3 Å². The number of nitrogens with zero attached hydrogens (tertiary/aromatic N) is 3. The molecule has 0 unspecified atom stereocenters. The lowest BCUT2D eigenvalue weighted by molar-refractivity contribution is -0.136. The number of aromatic nitrogens is 2. The maximum absolute atomic E-state index is 12.9. The van der Waals surface area contributed by atoms with Crippen LogP contribution >= 0.6 is 0 Å². The Balaban J connectivity index is 1.45. The first-order valence-electron chi connectivity index (χ1n) is 9.54. The summed E-state index contributed by atoms with van der Waals surface area (Å²) in [6.45, 7) is 0.652. The predicted octanol–water partition coefficient (Wildman–Crippen LogP) is 3.89. The highest BCUT2D eigenvalue weighted by molar-refractivity contribution is 5.81. The van der Waals surface area contributed by atoms with Crippen LogP contribution in [0.25, 0.3) is 0 Å². The topological polar surface area (TPSA) is 38.1 Å². The summed E-state index contributed by atoms with van der Waals surface area (Å²) in [5.41, 5.74) is 1.45. The average Bonchev–Trinajstić information content (AvgIpc) is 3.43. The Hall–Kier alpha value is -2.10. The highest BCUT2D eigenvalue weighted by Gasteiger charge is 2.38. The molecule has 0 atom stereocenters. The molecule has 1 aromatic heterocycles. The number of benzene rings is 1. The summed E-state index contributed by atoms with van der Waals surface area (Å²) in [7, 11) is 2.01. The standard InChI is InChI=1S/C21H27N3O/c1-23-14-13-22-20(23)15-24(21(25)18-7-8-18)19-11-9-17(10-12-19)16-5-3-2-4-6-16/h2-6,13-14,17-19H,7-12,15H2,1H3. The molecule has 0 aliphatic heterocycles. The lowest BCUT2D eigenvalue weighted by Gasteiger charge is -2.37. The van der Waals surface area contributed by atoms with Crippen molar-refractivity contribution >= 4 is 5.91 Å². The largest absolute Gasteiger partial charge is 0.337 e. The summed E-state index contributed by atoms with van der Waals surface area (Å²) in [6.07, 6.45) is 10.5. The number of amides is 1. The van der Waals surface area contributed by atoms with E-state index in [9.17, 15) is 4.79 Å². The summed E-state index contributed by atoms with van der Waals surface area (Å²) >= 11 is 0. The van der Waals surface area contributed by atoms with E-state index in [0.29, 0.717) is 24.4 Å². The second kappa shape index (κ2) is 7.03. The average molecular weight is 337 g/mol. The van der Waals surface area contributed by atoms with Gasteiger partial charge in [0.05, 0.1) is 6.54 Å². The summed E-state index contributed by atoms with van der Waals surface area (Å²) in [4.78, 5) is 19.5. The number of imidazole rings is 1. The maximum atomic E-state index is 12.9. The van der Waals surface area contributed by atoms with Gasteiger partial charge in [-0.25, -0.2) is 4.98 Å². The van der Waals surface area contributed by atoms with Crippen molar-refractivity contribution in [3.8, 4) is 0 Å². The molecule has 0 radical (unpaired) electrons. The van der Waals surface area contributed by atoms with Gasteiger partial charge in [0, 0.05) is 31.4 Å². The van der Waals surface area contributed by atoms with Gasteiger partial charge in [0.1, 0.15) is 5.82 Å². The molecule has 4 heteroatoms. The van der Waals surface area contributed by atoms with Crippen molar-refractivity contribution in [1.82, 2.24) is 14.5 Å². The highest BCUT2D eigenvalue weighted by atomic mass is 16.2. The van der Waals surface area contributed by atoms with Gasteiger partial charge in [-0.15, -0.1) is 0 Å². The third-order valence-electron chi connectivity index (χ3n) is 5.85. The first-order chi connectivity index (χ1) is 12.2. The molecule has 0 bridgehead atoms. The molecule has 1 amide bonds. The fourth-order valence-electron chi connectivity index (χ4n) is 4.10. The van der Waals surface area contributed by atoms with Crippen molar-refractivity contribution in [2.45, 2.75) is 57.0 Å². The van der Waals surface area contributed by atoms with Gasteiger partial charge >= 0.3 is 0 Å². The molecule has 2 fully saturated rings. The molecule has 4 nitrogen and oxygen atoms in total. The SMILES string of the molecule is Cn1ccnc1CN(C(=O)C1CC1)C1CCC(c2ccccc2)CC1. The zero-order chi connectivity index (χ0) is 17.2. The Morgan fingerprint density at radius 2 is 1.84 bits per heavy atom. The Morgan fingerprint density at radius 3 is 2.44 bits per heavy atom. The fourth-order valence-corrected chi connectivity index (χ4v) is 4.10. The lowest BCUT2D eigenvalue weighted by Crippen LogP contribution is -2.43. The third-order valence-corrected chi connectivity index (χ3v) is 5.85. The fraction of sp³-hybridized carbons (Fsp3) is 0.524. The van der Waals surface area contributed by atoms with Crippen LogP contribution in [0.5, 0.6) is 0 Å². The van der Waals surface area contributed by atoms with Crippen LogP contribution in [0.4, 0.5) is 0 Å². The second-order valence-electron chi connectivity index (χ2n) is 7.61. The van der Waals surface area contributed by atoms with E-state index in [2.05, 4.69) is 40.2 Å². The molecule has 2 saturated carbocycles. The van der Waals surface area contributed by atoms with E-state index in [1.165, 1.54) is 18.4 Å². The number of aryl methyl sites for hydroxylation is 1. The van der Waals surface area contributed by atoms with Gasteiger partial charge < -0.3 is 9.47 Å².